The van der Waals surface area contributed by atoms with E-state index in [1.54, 1.807) is 5.57 Å². The highest BCUT2D eigenvalue weighted by Crippen LogP contribution is 2.68. The molecule has 8 unspecified atom stereocenters. The number of hydrogen-bond donors (Lipinski definition) is 0. The number of allylic oxidation sites excluding steroid dienone is 17. The number of benzene rings is 1. The molecule has 3 heterocycles. The fraction of sp³-hybridized carbons (Fsp3) is 0.388. The molecule has 11 rings (SSSR count). The standard InChI is InChI=1S/C49H49NO2/c1-3-16-32(17-4-1)34-21-14-30-44-46(34)49(39-25-8-11-28-42(39)51-44)40-26-9-12-29-43(40)52-45-31-15-22-36(47(45)49)38-24-13-23-37-35-20-7-10-27-41(35)50(48(37)38)33-18-5-2-6-19-33/h1-3,5-7,9-13,18,20-24,26-28,32-33,35,39,41-43H,4,8,14-17,19,25,29-31H2. The van der Waals surface area contributed by atoms with E-state index >= 15 is 0 Å². The van der Waals surface area contributed by atoms with Crippen molar-refractivity contribution in [3.8, 4) is 0 Å². The quantitative estimate of drug-likeness (QED) is 0.296. The van der Waals surface area contributed by atoms with Gasteiger partial charge in [0.2, 0.25) is 0 Å². The minimum atomic E-state index is -0.308. The van der Waals surface area contributed by atoms with Crippen molar-refractivity contribution in [3.05, 3.63) is 166 Å². The van der Waals surface area contributed by atoms with Crippen molar-refractivity contribution in [1.82, 2.24) is 0 Å². The second kappa shape index (κ2) is 12.3. The van der Waals surface area contributed by atoms with Gasteiger partial charge in [0.1, 0.15) is 23.7 Å². The van der Waals surface area contributed by atoms with Crippen LogP contribution in [0.25, 0.3) is 5.57 Å². The summed E-state index contributed by atoms with van der Waals surface area (Å²) in [5.74, 6) is 3.68. The lowest BCUT2D eigenvalue weighted by molar-refractivity contribution is -0.00406. The highest BCUT2D eigenvalue weighted by Gasteiger charge is 2.62. The van der Waals surface area contributed by atoms with Gasteiger partial charge in [-0.3, -0.25) is 0 Å². The average molecular weight is 684 g/mol. The van der Waals surface area contributed by atoms with Crippen LogP contribution in [-0.2, 0) is 9.47 Å². The summed E-state index contributed by atoms with van der Waals surface area (Å²) in [7, 11) is 0. The van der Waals surface area contributed by atoms with Gasteiger partial charge in [-0.1, -0.05) is 115 Å². The molecular weight excluding hydrogens is 635 g/mol. The van der Waals surface area contributed by atoms with Crippen LogP contribution < -0.4 is 4.90 Å². The Kier molecular flexibility index (Phi) is 7.34. The number of hydrogen-bond acceptors (Lipinski definition) is 3. The summed E-state index contributed by atoms with van der Waals surface area (Å²) in [6, 6.07) is 7.83. The molecular formula is C49H49NO2. The largest absolute Gasteiger partial charge is 0.490 e. The normalized spacial score (nSPS) is 36.2. The van der Waals surface area contributed by atoms with Gasteiger partial charge < -0.3 is 14.4 Å². The van der Waals surface area contributed by atoms with Crippen molar-refractivity contribution in [1.29, 1.82) is 0 Å². The first kappa shape index (κ1) is 31.1. The van der Waals surface area contributed by atoms with Gasteiger partial charge in [-0.2, -0.15) is 0 Å². The minimum Gasteiger partial charge on any atom is -0.490 e. The zero-order chi connectivity index (χ0) is 34.2. The SMILES string of the molecule is C1=CCC2OC3=C(C(c4cccc5c4N(C4C=CC=CC4)C4C=CC=CC54)=CCC3)C3(C2=C1)C1=C(CCC=C1C1CC=CCC1)OC1C=CCCC13. The van der Waals surface area contributed by atoms with E-state index in [4.69, 9.17) is 9.47 Å². The molecule has 0 bridgehead atoms. The fourth-order valence-corrected chi connectivity index (χ4v) is 11.9. The van der Waals surface area contributed by atoms with E-state index in [1.165, 1.54) is 57.0 Å². The monoisotopic (exact) mass is 683 g/mol. The Morgan fingerprint density at radius 3 is 2.46 bits per heavy atom. The second-order valence-electron chi connectivity index (χ2n) is 16.4. The number of fused-ring (bicyclic) bond motifs is 9. The van der Waals surface area contributed by atoms with Gasteiger partial charge in [-0.05, 0) is 85.6 Å². The van der Waals surface area contributed by atoms with Crippen LogP contribution in [0.2, 0.25) is 0 Å². The maximum absolute atomic E-state index is 7.32. The zero-order valence-electron chi connectivity index (χ0n) is 30.1. The Bertz CT molecular complexity index is 2090. The van der Waals surface area contributed by atoms with Gasteiger partial charge >= 0.3 is 0 Å². The van der Waals surface area contributed by atoms with Gasteiger partial charge in [0.05, 0.1) is 17.5 Å². The third-order valence-corrected chi connectivity index (χ3v) is 13.8. The molecule has 52 heavy (non-hydrogen) atoms. The van der Waals surface area contributed by atoms with Crippen LogP contribution in [0.3, 0.4) is 0 Å². The lowest BCUT2D eigenvalue weighted by atomic mass is 9.49. The minimum absolute atomic E-state index is 0.0613. The van der Waals surface area contributed by atoms with E-state index in [-0.39, 0.29) is 17.6 Å². The molecule has 1 aromatic carbocycles. The molecule has 1 aromatic rings. The first-order valence-electron chi connectivity index (χ1n) is 20.3. The van der Waals surface area contributed by atoms with Gasteiger partial charge in [0.15, 0.2) is 0 Å². The van der Waals surface area contributed by atoms with E-state index in [2.05, 4.69) is 126 Å². The average Bonchev–Trinajstić information content (AvgIpc) is 3.56. The molecule has 3 nitrogen and oxygen atoms in total. The molecule has 0 N–H and O–H groups in total. The van der Waals surface area contributed by atoms with Gasteiger partial charge in [0, 0.05) is 53.5 Å². The van der Waals surface area contributed by atoms with Crippen molar-refractivity contribution >= 4 is 11.3 Å². The zero-order valence-corrected chi connectivity index (χ0v) is 30.1. The summed E-state index contributed by atoms with van der Waals surface area (Å²) in [5.41, 5.74) is 11.4. The lowest BCUT2D eigenvalue weighted by Crippen LogP contribution is -2.54. The molecule has 0 aromatic heterocycles. The number of nitrogens with zero attached hydrogens (tertiary/aromatic N) is 1. The summed E-state index contributed by atoms with van der Waals surface area (Å²) in [6.07, 6.45) is 52.5. The summed E-state index contributed by atoms with van der Waals surface area (Å²) in [6.45, 7) is 0. The molecule has 3 heteroatoms. The molecule has 0 fully saturated rings. The molecule has 262 valence electrons. The number of para-hydroxylation sites is 1. The maximum Gasteiger partial charge on any atom is 0.124 e. The Morgan fingerprint density at radius 2 is 1.56 bits per heavy atom. The second-order valence-corrected chi connectivity index (χ2v) is 16.4. The number of ether oxygens (including phenoxy) is 2. The summed E-state index contributed by atoms with van der Waals surface area (Å²) in [4.78, 5) is 2.77. The Morgan fingerprint density at radius 1 is 0.692 bits per heavy atom. The van der Waals surface area contributed by atoms with Crippen LogP contribution in [0.15, 0.2) is 155 Å². The molecule has 7 aliphatic carbocycles. The van der Waals surface area contributed by atoms with E-state index in [0.29, 0.717) is 29.8 Å². The van der Waals surface area contributed by atoms with E-state index < -0.39 is 0 Å². The molecule has 8 atom stereocenters. The van der Waals surface area contributed by atoms with Crippen LogP contribution in [0.1, 0.15) is 87.7 Å². The first-order valence-corrected chi connectivity index (χ1v) is 20.3. The van der Waals surface area contributed by atoms with E-state index in [9.17, 15) is 0 Å². The van der Waals surface area contributed by atoms with Gasteiger partial charge in [-0.25, -0.2) is 0 Å². The predicted octanol–water partition coefficient (Wildman–Crippen LogP) is 11.4. The highest BCUT2D eigenvalue weighted by molar-refractivity contribution is 5.93. The molecule has 3 aliphatic heterocycles. The molecule has 0 amide bonds. The first-order chi connectivity index (χ1) is 25.8. The van der Waals surface area contributed by atoms with Gasteiger partial charge in [-0.15, -0.1) is 0 Å². The van der Waals surface area contributed by atoms with Crippen LogP contribution in [0.4, 0.5) is 5.69 Å². The molecule has 10 aliphatic rings. The highest BCUT2D eigenvalue weighted by atomic mass is 16.5. The molecule has 0 saturated carbocycles. The predicted molar refractivity (Wildman–Crippen MR) is 211 cm³/mol. The Balaban J connectivity index is 1.18. The summed E-state index contributed by atoms with van der Waals surface area (Å²) >= 11 is 0. The smallest absolute Gasteiger partial charge is 0.124 e. The number of rotatable bonds is 3. The van der Waals surface area contributed by atoms with Crippen molar-refractivity contribution < 1.29 is 9.47 Å². The van der Waals surface area contributed by atoms with Crippen LogP contribution in [-0.4, -0.2) is 24.3 Å². The maximum atomic E-state index is 7.32. The molecule has 1 spiro atoms. The molecule has 0 saturated heterocycles. The summed E-state index contributed by atoms with van der Waals surface area (Å²) in [5, 5.41) is 0. The summed E-state index contributed by atoms with van der Waals surface area (Å²) < 4.78 is 14.6. The van der Waals surface area contributed by atoms with Crippen LogP contribution in [0.5, 0.6) is 0 Å². The fourth-order valence-electron chi connectivity index (χ4n) is 11.9. The van der Waals surface area contributed by atoms with Gasteiger partial charge in [0.25, 0.3) is 0 Å². The molecule has 0 radical (unpaired) electrons. The van der Waals surface area contributed by atoms with Crippen LogP contribution in [0, 0.1) is 17.3 Å². The van der Waals surface area contributed by atoms with Crippen LogP contribution >= 0.6 is 0 Å². The van der Waals surface area contributed by atoms with Crippen molar-refractivity contribution in [3.63, 3.8) is 0 Å². The van der Waals surface area contributed by atoms with Crippen molar-refractivity contribution in [2.75, 3.05) is 4.90 Å². The van der Waals surface area contributed by atoms with E-state index in [0.717, 1.165) is 64.2 Å². The topological polar surface area (TPSA) is 21.7 Å². The van der Waals surface area contributed by atoms with E-state index in [1.807, 2.05) is 0 Å². The third-order valence-electron chi connectivity index (χ3n) is 13.8. The Hall–Kier alpha value is -4.50. The number of anilines is 1. The van der Waals surface area contributed by atoms with Crippen molar-refractivity contribution in [2.24, 2.45) is 17.3 Å². The third kappa shape index (κ3) is 4.44. The Labute approximate surface area is 309 Å². The van der Waals surface area contributed by atoms with Crippen molar-refractivity contribution in [2.45, 2.75) is 101 Å². The lowest BCUT2D eigenvalue weighted by Gasteiger charge is -2.59.